The third-order valence-corrected chi connectivity index (χ3v) is 4.93. The van der Waals surface area contributed by atoms with Gasteiger partial charge in [0.1, 0.15) is 5.76 Å². The van der Waals surface area contributed by atoms with Crippen LogP contribution >= 0.6 is 0 Å². The van der Waals surface area contributed by atoms with Gasteiger partial charge in [0.2, 0.25) is 0 Å². The van der Waals surface area contributed by atoms with Gasteiger partial charge in [-0.25, -0.2) is 0 Å². The molecule has 3 rings (SSSR count). The number of benzene rings is 1. The van der Waals surface area contributed by atoms with Gasteiger partial charge in [-0.2, -0.15) is 13.2 Å². The molecule has 1 unspecified atom stereocenters. The highest BCUT2D eigenvalue weighted by Gasteiger charge is 2.31. The van der Waals surface area contributed by atoms with Crippen LogP contribution in [0.4, 0.5) is 13.2 Å². The van der Waals surface area contributed by atoms with E-state index < -0.39 is 11.7 Å². The molecule has 1 aromatic heterocycles. The zero-order valence-electron chi connectivity index (χ0n) is 15.5. The van der Waals surface area contributed by atoms with Crippen LogP contribution in [0, 0.1) is 13.8 Å². The highest BCUT2D eigenvalue weighted by Crippen LogP contribution is 2.31. The Hall–Kier alpha value is -1.90. The summed E-state index contributed by atoms with van der Waals surface area (Å²) >= 11 is 0. The molecule has 0 saturated carbocycles. The third-order valence-electron chi connectivity index (χ3n) is 4.93. The number of rotatable bonds is 6. The number of halogens is 3. The largest absolute Gasteiger partial charge is 0.416 e. The van der Waals surface area contributed by atoms with Crippen molar-refractivity contribution in [3.63, 3.8) is 0 Å². The molecule has 1 aliphatic rings. The van der Waals surface area contributed by atoms with Gasteiger partial charge in [-0.05, 0) is 31.5 Å². The van der Waals surface area contributed by atoms with Crippen molar-refractivity contribution in [2.75, 3.05) is 32.8 Å². The van der Waals surface area contributed by atoms with E-state index in [1.807, 2.05) is 13.8 Å². The second-order valence-electron chi connectivity index (χ2n) is 6.72. The quantitative estimate of drug-likeness (QED) is 0.828. The molecule has 0 radical (unpaired) electrons. The Morgan fingerprint density at radius 1 is 1.15 bits per heavy atom. The Morgan fingerprint density at radius 2 is 1.81 bits per heavy atom. The first-order valence-corrected chi connectivity index (χ1v) is 8.97. The summed E-state index contributed by atoms with van der Waals surface area (Å²) in [6.45, 7) is 7.71. The molecule has 0 aliphatic carbocycles. The van der Waals surface area contributed by atoms with Crippen molar-refractivity contribution in [1.82, 2.24) is 15.4 Å². The second kappa shape index (κ2) is 8.41. The molecular formula is C19H24F3N3O2. The van der Waals surface area contributed by atoms with Crippen LogP contribution in [0.3, 0.4) is 0 Å². The third kappa shape index (κ3) is 4.88. The Bertz CT molecular complexity index is 718. The summed E-state index contributed by atoms with van der Waals surface area (Å²) < 4.78 is 49.2. The van der Waals surface area contributed by atoms with Gasteiger partial charge in [-0.1, -0.05) is 17.3 Å². The highest BCUT2D eigenvalue weighted by molar-refractivity contribution is 5.27. The number of aryl methyl sites for hydroxylation is 2. The Balaban J connectivity index is 1.72. The van der Waals surface area contributed by atoms with Crippen LogP contribution in [-0.4, -0.2) is 42.9 Å². The average Bonchev–Trinajstić information content (AvgIpc) is 2.97. The molecule has 2 heterocycles. The van der Waals surface area contributed by atoms with Crippen molar-refractivity contribution >= 4 is 0 Å². The topological polar surface area (TPSA) is 50.5 Å². The number of nitrogens with one attached hydrogen (secondary N) is 1. The van der Waals surface area contributed by atoms with E-state index in [0.29, 0.717) is 26.3 Å². The Morgan fingerprint density at radius 3 is 2.37 bits per heavy atom. The molecule has 1 aliphatic heterocycles. The van der Waals surface area contributed by atoms with Crippen LogP contribution < -0.4 is 5.32 Å². The lowest BCUT2D eigenvalue weighted by atomic mass is 10.0. The van der Waals surface area contributed by atoms with Gasteiger partial charge in [0.05, 0.1) is 24.5 Å². The van der Waals surface area contributed by atoms with Crippen molar-refractivity contribution in [2.24, 2.45) is 0 Å². The number of morpholine rings is 1. The first kappa shape index (κ1) is 19.9. The van der Waals surface area contributed by atoms with Crippen molar-refractivity contribution in [3.05, 3.63) is 52.4 Å². The van der Waals surface area contributed by atoms with E-state index in [1.54, 1.807) is 12.1 Å². The number of alkyl halides is 3. The van der Waals surface area contributed by atoms with Crippen molar-refractivity contribution in [2.45, 2.75) is 32.6 Å². The summed E-state index contributed by atoms with van der Waals surface area (Å²) in [5.74, 6) is 0.775. The molecular weight excluding hydrogens is 359 g/mol. The molecule has 1 atom stereocenters. The fraction of sp³-hybridized carbons (Fsp3) is 0.526. The minimum atomic E-state index is -4.32. The molecule has 27 heavy (non-hydrogen) atoms. The fourth-order valence-electron chi connectivity index (χ4n) is 3.33. The minimum absolute atomic E-state index is 0.0309. The lowest BCUT2D eigenvalue weighted by molar-refractivity contribution is -0.137. The van der Waals surface area contributed by atoms with E-state index in [0.717, 1.165) is 47.8 Å². The molecule has 1 aromatic carbocycles. The number of ether oxygens (including phenoxy) is 1. The van der Waals surface area contributed by atoms with Crippen LogP contribution in [0.25, 0.3) is 0 Å². The maximum atomic E-state index is 12.9. The molecule has 1 saturated heterocycles. The summed E-state index contributed by atoms with van der Waals surface area (Å²) in [7, 11) is 0. The number of aromatic nitrogens is 1. The lowest BCUT2D eigenvalue weighted by Crippen LogP contribution is -2.42. The second-order valence-corrected chi connectivity index (χ2v) is 6.72. The first-order chi connectivity index (χ1) is 12.9. The van der Waals surface area contributed by atoms with Gasteiger partial charge in [-0.3, -0.25) is 4.90 Å². The summed E-state index contributed by atoms with van der Waals surface area (Å²) in [5.41, 5.74) is 2.09. The molecule has 5 nitrogen and oxygen atoms in total. The number of hydrogen-bond donors (Lipinski definition) is 1. The zero-order valence-corrected chi connectivity index (χ0v) is 15.5. The smallest absolute Gasteiger partial charge is 0.379 e. The van der Waals surface area contributed by atoms with Gasteiger partial charge in [-0.15, -0.1) is 0 Å². The molecule has 0 amide bonds. The predicted octanol–water partition coefficient (Wildman–Crippen LogP) is 3.47. The van der Waals surface area contributed by atoms with Gasteiger partial charge in [0, 0.05) is 37.8 Å². The molecule has 1 fully saturated rings. The van der Waals surface area contributed by atoms with Gasteiger partial charge >= 0.3 is 6.18 Å². The average molecular weight is 383 g/mol. The van der Waals surface area contributed by atoms with Crippen LogP contribution in [-0.2, 0) is 17.5 Å². The standard InChI is InChI=1S/C19H24F3N3O2/c1-13-17(14(2)27-24-13)11-23-12-18(25-7-9-26-10-8-25)15-3-5-16(6-4-15)19(20,21)22/h3-6,18,23H,7-12H2,1-2H3. The number of nitrogens with zero attached hydrogens (tertiary/aromatic N) is 2. The molecule has 1 N–H and O–H groups in total. The predicted molar refractivity (Wildman–Crippen MR) is 94.3 cm³/mol. The van der Waals surface area contributed by atoms with E-state index >= 15 is 0 Å². The van der Waals surface area contributed by atoms with Crippen LogP contribution in [0.5, 0.6) is 0 Å². The maximum Gasteiger partial charge on any atom is 0.416 e. The number of hydrogen-bond acceptors (Lipinski definition) is 5. The molecule has 148 valence electrons. The van der Waals surface area contributed by atoms with Crippen molar-refractivity contribution < 1.29 is 22.4 Å². The first-order valence-electron chi connectivity index (χ1n) is 8.97. The van der Waals surface area contributed by atoms with Gasteiger partial charge in [0.15, 0.2) is 0 Å². The molecule has 8 heteroatoms. The van der Waals surface area contributed by atoms with E-state index in [2.05, 4.69) is 15.4 Å². The molecule has 0 spiro atoms. The monoisotopic (exact) mass is 383 g/mol. The minimum Gasteiger partial charge on any atom is -0.379 e. The van der Waals surface area contributed by atoms with Crippen LogP contribution in [0.1, 0.15) is 34.2 Å². The maximum absolute atomic E-state index is 12.9. The van der Waals surface area contributed by atoms with Crippen molar-refractivity contribution in [1.29, 1.82) is 0 Å². The van der Waals surface area contributed by atoms with Crippen LogP contribution in [0.15, 0.2) is 28.8 Å². The Labute approximate surface area is 156 Å². The molecule has 2 aromatic rings. The lowest BCUT2D eigenvalue weighted by Gasteiger charge is -2.35. The van der Waals surface area contributed by atoms with Gasteiger partial charge < -0.3 is 14.6 Å². The van der Waals surface area contributed by atoms with Gasteiger partial charge in [0.25, 0.3) is 0 Å². The van der Waals surface area contributed by atoms with E-state index in [4.69, 9.17) is 9.26 Å². The fourth-order valence-corrected chi connectivity index (χ4v) is 3.33. The SMILES string of the molecule is Cc1noc(C)c1CNCC(c1ccc(C(F)(F)F)cc1)N1CCOCC1. The van der Waals surface area contributed by atoms with Crippen molar-refractivity contribution in [3.8, 4) is 0 Å². The van der Waals surface area contributed by atoms with E-state index in [1.165, 1.54) is 0 Å². The summed E-state index contributed by atoms with van der Waals surface area (Å²) in [5, 5.41) is 7.35. The zero-order chi connectivity index (χ0) is 19.4. The highest BCUT2D eigenvalue weighted by atomic mass is 19.4. The van der Waals surface area contributed by atoms with Crippen LogP contribution in [0.2, 0.25) is 0 Å². The summed E-state index contributed by atoms with van der Waals surface area (Å²) in [4.78, 5) is 2.24. The molecule has 0 bridgehead atoms. The normalized spacial score (nSPS) is 17.2. The summed E-state index contributed by atoms with van der Waals surface area (Å²) in [6.07, 6.45) is -4.32. The summed E-state index contributed by atoms with van der Waals surface area (Å²) in [6, 6.07) is 5.41. The Kier molecular flexibility index (Phi) is 6.18. The van der Waals surface area contributed by atoms with E-state index in [9.17, 15) is 13.2 Å². The van der Waals surface area contributed by atoms with E-state index in [-0.39, 0.29) is 6.04 Å².